The molecular formula is C18H25FN2O3. The van der Waals surface area contributed by atoms with Crippen molar-refractivity contribution in [3.63, 3.8) is 0 Å². The summed E-state index contributed by atoms with van der Waals surface area (Å²) < 4.78 is 24.5. The molecule has 2 aliphatic heterocycles. The van der Waals surface area contributed by atoms with Crippen LogP contribution in [0.25, 0.3) is 0 Å². The molecule has 1 amide bonds. The average molecular weight is 336 g/mol. The molecule has 0 bridgehead atoms. The molecule has 0 saturated carbocycles. The first-order valence-electron chi connectivity index (χ1n) is 8.54. The molecule has 3 unspecified atom stereocenters. The Morgan fingerprint density at radius 3 is 2.50 bits per heavy atom. The van der Waals surface area contributed by atoms with Gasteiger partial charge in [-0.15, -0.1) is 0 Å². The Labute approximate surface area is 142 Å². The van der Waals surface area contributed by atoms with Gasteiger partial charge in [0.05, 0.1) is 31.5 Å². The zero-order chi connectivity index (χ0) is 17.1. The fourth-order valence-electron chi connectivity index (χ4n) is 3.40. The summed E-state index contributed by atoms with van der Waals surface area (Å²) in [6.45, 7) is 7.63. The van der Waals surface area contributed by atoms with E-state index in [0.29, 0.717) is 32.8 Å². The lowest BCUT2D eigenvalue weighted by Gasteiger charge is -2.38. The number of hydrogen-bond donors (Lipinski definition) is 0. The van der Waals surface area contributed by atoms with Gasteiger partial charge in [-0.1, -0.05) is 12.1 Å². The number of rotatable bonds is 3. The fraction of sp³-hybridized carbons (Fsp3) is 0.611. The first-order valence-corrected chi connectivity index (χ1v) is 8.54. The monoisotopic (exact) mass is 336 g/mol. The van der Waals surface area contributed by atoms with Gasteiger partial charge in [-0.3, -0.25) is 9.69 Å². The minimum absolute atomic E-state index is 0.0781. The second-order valence-corrected chi connectivity index (χ2v) is 6.70. The zero-order valence-electron chi connectivity index (χ0n) is 14.3. The maximum absolute atomic E-state index is 13.1. The molecule has 5 nitrogen and oxygen atoms in total. The Kier molecular flexibility index (Phi) is 5.48. The third-order valence-electron chi connectivity index (χ3n) is 4.52. The molecule has 3 rings (SSSR count). The van der Waals surface area contributed by atoms with E-state index in [4.69, 9.17) is 9.47 Å². The van der Waals surface area contributed by atoms with E-state index in [-0.39, 0.29) is 30.0 Å². The number of halogens is 1. The van der Waals surface area contributed by atoms with Crippen LogP contribution < -0.4 is 0 Å². The minimum atomic E-state index is -0.253. The van der Waals surface area contributed by atoms with Crippen molar-refractivity contribution in [1.82, 2.24) is 9.80 Å². The molecular weight excluding hydrogens is 311 g/mol. The SMILES string of the molecule is CC1CN(C(=O)CN2CCOC(c3ccc(F)cc3)C2)CC(C)O1. The summed E-state index contributed by atoms with van der Waals surface area (Å²) >= 11 is 0. The highest BCUT2D eigenvalue weighted by molar-refractivity contribution is 5.78. The van der Waals surface area contributed by atoms with E-state index in [2.05, 4.69) is 4.90 Å². The second-order valence-electron chi connectivity index (χ2n) is 6.70. The van der Waals surface area contributed by atoms with Crippen LogP contribution in [0.2, 0.25) is 0 Å². The normalized spacial score (nSPS) is 28.8. The molecule has 0 spiro atoms. The summed E-state index contributed by atoms with van der Waals surface area (Å²) in [5.41, 5.74) is 0.946. The summed E-state index contributed by atoms with van der Waals surface area (Å²) in [5.74, 6) is -0.117. The number of hydrogen-bond acceptors (Lipinski definition) is 4. The Hall–Kier alpha value is -1.50. The van der Waals surface area contributed by atoms with E-state index < -0.39 is 0 Å². The molecule has 24 heavy (non-hydrogen) atoms. The van der Waals surface area contributed by atoms with Gasteiger partial charge in [-0.2, -0.15) is 0 Å². The van der Waals surface area contributed by atoms with Crippen molar-refractivity contribution in [3.8, 4) is 0 Å². The molecule has 2 aliphatic rings. The molecule has 6 heteroatoms. The van der Waals surface area contributed by atoms with Gasteiger partial charge < -0.3 is 14.4 Å². The van der Waals surface area contributed by atoms with Crippen LogP contribution >= 0.6 is 0 Å². The third kappa shape index (κ3) is 4.32. The van der Waals surface area contributed by atoms with E-state index in [1.807, 2.05) is 18.7 Å². The number of benzene rings is 1. The van der Waals surface area contributed by atoms with Crippen molar-refractivity contribution in [1.29, 1.82) is 0 Å². The largest absolute Gasteiger partial charge is 0.372 e. The van der Waals surface area contributed by atoms with Gasteiger partial charge in [0, 0.05) is 26.2 Å². The van der Waals surface area contributed by atoms with Gasteiger partial charge in [-0.05, 0) is 31.5 Å². The van der Waals surface area contributed by atoms with Gasteiger partial charge in [0.15, 0.2) is 0 Å². The van der Waals surface area contributed by atoms with Crippen LogP contribution in [-0.2, 0) is 14.3 Å². The van der Waals surface area contributed by atoms with Gasteiger partial charge in [0.2, 0.25) is 5.91 Å². The van der Waals surface area contributed by atoms with Crippen molar-refractivity contribution in [3.05, 3.63) is 35.6 Å². The van der Waals surface area contributed by atoms with Gasteiger partial charge in [0.1, 0.15) is 5.82 Å². The van der Waals surface area contributed by atoms with Crippen LogP contribution in [-0.4, -0.2) is 67.2 Å². The quantitative estimate of drug-likeness (QED) is 0.845. The number of carbonyl (C=O) groups is 1. The van der Waals surface area contributed by atoms with Gasteiger partial charge >= 0.3 is 0 Å². The minimum Gasteiger partial charge on any atom is -0.372 e. The van der Waals surface area contributed by atoms with Crippen LogP contribution in [0.1, 0.15) is 25.5 Å². The van der Waals surface area contributed by atoms with Crippen molar-refractivity contribution < 1.29 is 18.7 Å². The van der Waals surface area contributed by atoms with Crippen LogP contribution in [0.15, 0.2) is 24.3 Å². The Morgan fingerprint density at radius 1 is 1.17 bits per heavy atom. The lowest BCUT2D eigenvalue weighted by molar-refractivity contribution is -0.146. The topological polar surface area (TPSA) is 42.0 Å². The van der Waals surface area contributed by atoms with E-state index in [9.17, 15) is 9.18 Å². The Balaban J connectivity index is 1.57. The van der Waals surface area contributed by atoms with Gasteiger partial charge in [-0.25, -0.2) is 4.39 Å². The van der Waals surface area contributed by atoms with Crippen LogP contribution in [0.5, 0.6) is 0 Å². The predicted molar refractivity (Wildman–Crippen MR) is 88.1 cm³/mol. The number of nitrogens with zero attached hydrogens (tertiary/aromatic N) is 2. The molecule has 0 N–H and O–H groups in total. The molecule has 0 aliphatic carbocycles. The highest BCUT2D eigenvalue weighted by Gasteiger charge is 2.29. The first-order chi connectivity index (χ1) is 11.5. The third-order valence-corrected chi connectivity index (χ3v) is 4.52. The molecule has 1 aromatic rings. The summed E-state index contributed by atoms with van der Waals surface area (Å²) in [6.07, 6.45) is 0.0402. The number of morpholine rings is 2. The maximum Gasteiger partial charge on any atom is 0.236 e. The van der Waals surface area contributed by atoms with E-state index in [0.717, 1.165) is 12.1 Å². The number of amides is 1. The highest BCUT2D eigenvalue weighted by atomic mass is 19.1. The maximum atomic E-state index is 13.1. The fourth-order valence-corrected chi connectivity index (χ4v) is 3.40. The Morgan fingerprint density at radius 2 is 1.83 bits per heavy atom. The summed E-state index contributed by atoms with van der Waals surface area (Å²) in [7, 11) is 0. The smallest absolute Gasteiger partial charge is 0.236 e. The zero-order valence-corrected chi connectivity index (χ0v) is 14.3. The molecule has 2 heterocycles. The summed E-state index contributed by atoms with van der Waals surface area (Å²) in [4.78, 5) is 16.6. The van der Waals surface area contributed by atoms with Crippen LogP contribution in [0, 0.1) is 5.82 Å². The lowest BCUT2D eigenvalue weighted by Crippen LogP contribution is -2.52. The van der Waals surface area contributed by atoms with E-state index in [1.54, 1.807) is 12.1 Å². The second kappa shape index (κ2) is 7.59. The molecule has 2 fully saturated rings. The standard InChI is InChI=1S/C18H25FN2O3/c1-13-9-21(10-14(2)24-13)18(22)12-20-7-8-23-17(11-20)15-3-5-16(19)6-4-15/h3-6,13-14,17H,7-12H2,1-2H3. The molecule has 1 aromatic carbocycles. The molecule has 3 atom stereocenters. The predicted octanol–water partition coefficient (Wildman–Crippen LogP) is 1.83. The van der Waals surface area contributed by atoms with Crippen molar-refractivity contribution in [2.24, 2.45) is 0 Å². The highest BCUT2D eigenvalue weighted by Crippen LogP contribution is 2.22. The molecule has 0 radical (unpaired) electrons. The molecule has 0 aromatic heterocycles. The van der Waals surface area contributed by atoms with Crippen molar-refractivity contribution >= 4 is 5.91 Å². The number of ether oxygens (including phenoxy) is 2. The molecule has 132 valence electrons. The van der Waals surface area contributed by atoms with Crippen molar-refractivity contribution in [2.75, 3.05) is 39.3 Å². The average Bonchev–Trinajstić information content (AvgIpc) is 2.55. The first kappa shape index (κ1) is 17.3. The van der Waals surface area contributed by atoms with Crippen molar-refractivity contribution in [2.45, 2.75) is 32.2 Å². The van der Waals surface area contributed by atoms with E-state index in [1.165, 1.54) is 12.1 Å². The molecule has 2 saturated heterocycles. The van der Waals surface area contributed by atoms with Crippen LogP contribution in [0.4, 0.5) is 4.39 Å². The van der Waals surface area contributed by atoms with Gasteiger partial charge in [0.25, 0.3) is 0 Å². The summed E-state index contributed by atoms with van der Waals surface area (Å²) in [6, 6.07) is 6.38. The lowest BCUT2D eigenvalue weighted by atomic mass is 10.1. The Bertz CT molecular complexity index is 556. The summed E-state index contributed by atoms with van der Waals surface area (Å²) in [5, 5.41) is 0. The van der Waals surface area contributed by atoms with E-state index >= 15 is 0 Å². The van der Waals surface area contributed by atoms with Crippen LogP contribution in [0.3, 0.4) is 0 Å². The number of carbonyl (C=O) groups excluding carboxylic acids is 1.